The Morgan fingerprint density at radius 2 is 2.20 bits per heavy atom. The number of methoxy groups -OCH3 is 1. The number of aromatic amines is 1. The lowest BCUT2D eigenvalue weighted by molar-refractivity contribution is -0.383. The zero-order valence-corrected chi connectivity index (χ0v) is 8.40. The zero-order chi connectivity index (χ0) is 11.0. The summed E-state index contributed by atoms with van der Waals surface area (Å²) in [7, 11) is 1.42. The lowest BCUT2D eigenvalue weighted by atomic mass is 10.2. The molecule has 5 nitrogen and oxygen atoms in total. The largest absolute Gasteiger partial charge is 0.490 e. The standard InChI is InChI=1S/C10H10N2O3/c1-6-5-7-8(11-6)3-4-9(15-2)10(7)12(13)14/h3-5,11H,1-2H3. The molecule has 0 saturated carbocycles. The highest BCUT2D eigenvalue weighted by Gasteiger charge is 2.20. The second-order valence-electron chi connectivity index (χ2n) is 3.29. The summed E-state index contributed by atoms with van der Waals surface area (Å²) >= 11 is 0. The van der Waals surface area contributed by atoms with Gasteiger partial charge in [-0.3, -0.25) is 10.1 Å². The molecule has 1 N–H and O–H groups in total. The number of nitro groups is 1. The minimum absolute atomic E-state index is 0.0133. The minimum atomic E-state index is -0.422. The molecular formula is C10H10N2O3. The van der Waals surface area contributed by atoms with Crippen molar-refractivity contribution in [3.63, 3.8) is 0 Å². The maximum Gasteiger partial charge on any atom is 0.320 e. The van der Waals surface area contributed by atoms with Gasteiger partial charge in [0.2, 0.25) is 0 Å². The maximum absolute atomic E-state index is 10.9. The van der Waals surface area contributed by atoms with E-state index < -0.39 is 4.92 Å². The Morgan fingerprint density at radius 3 is 2.80 bits per heavy atom. The second-order valence-corrected chi connectivity index (χ2v) is 3.29. The van der Waals surface area contributed by atoms with Crippen molar-refractivity contribution < 1.29 is 9.66 Å². The summed E-state index contributed by atoms with van der Waals surface area (Å²) in [5.41, 5.74) is 1.65. The maximum atomic E-state index is 10.9. The molecule has 15 heavy (non-hydrogen) atoms. The van der Waals surface area contributed by atoms with E-state index in [-0.39, 0.29) is 11.4 Å². The fourth-order valence-corrected chi connectivity index (χ4v) is 1.66. The van der Waals surface area contributed by atoms with Gasteiger partial charge in [0.05, 0.1) is 22.9 Å². The molecule has 0 aliphatic rings. The molecule has 0 aliphatic heterocycles. The van der Waals surface area contributed by atoms with Gasteiger partial charge in [0, 0.05) is 5.69 Å². The number of hydrogen-bond acceptors (Lipinski definition) is 3. The predicted octanol–water partition coefficient (Wildman–Crippen LogP) is 2.39. The molecule has 0 bridgehead atoms. The van der Waals surface area contributed by atoms with Gasteiger partial charge in [0.1, 0.15) is 0 Å². The van der Waals surface area contributed by atoms with Crippen LogP contribution < -0.4 is 4.74 Å². The number of rotatable bonds is 2. The summed E-state index contributed by atoms with van der Waals surface area (Å²) < 4.78 is 4.97. The van der Waals surface area contributed by atoms with Crippen molar-refractivity contribution in [2.45, 2.75) is 6.92 Å². The number of fused-ring (bicyclic) bond motifs is 1. The average molecular weight is 206 g/mol. The van der Waals surface area contributed by atoms with Gasteiger partial charge in [0.15, 0.2) is 5.75 Å². The molecule has 5 heteroatoms. The van der Waals surface area contributed by atoms with Gasteiger partial charge in [-0.15, -0.1) is 0 Å². The van der Waals surface area contributed by atoms with Crippen LogP contribution in [0.3, 0.4) is 0 Å². The Hall–Kier alpha value is -2.04. The fourth-order valence-electron chi connectivity index (χ4n) is 1.66. The van der Waals surface area contributed by atoms with Crippen LogP contribution in [0.1, 0.15) is 5.69 Å². The van der Waals surface area contributed by atoms with Crippen molar-refractivity contribution in [1.82, 2.24) is 4.98 Å². The summed E-state index contributed by atoms with van der Waals surface area (Å²) in [6, 6.07) is 5.11. The topological polar surface area (TPSA) is 68.2 Å². The number of nitrogens with zero attached hydrogens (tertiary/aromatic N) is 1. The molecule has 78 valence electrons. The van der Waals surface area contributed by atoms with Crippen LogP contribution in [-0.2, 0) is 0 Å². The number of H-pyrrole nitrogens is 1. The summed E-state index contributed by atoms with van der Waals surface area (Å²) in [5.74, 6) is 0.284. The SMILES string of the molecule is COc1ccc2[nH]c(C)cc2c1[N+](=O)[O-]. The first-order valence-corrected chi connectivity index (χ1v) is 4.44. The highest BCUT2D eigenvalue weighted by atomic mass is 16.6. The summed E-state index contributed by atoms with van der Waals surface area (Å²) in [4.78, 5) is 13.5. The van der Waals surface area contributed by atoms with Crippen molar-refractivity contribution in [1.29, 1.82) is 0 Å². The third-order valence-corrected chi connectivity index (χ3v) is 2.28. The number of ether oxygens (including phenoxy) is 1. The van der Waals surface area contributed by atoms with E-state index in [1.807, 2.05) is 6.92 Å². The van der Waals surface area contributed by atoms with Crippen molar-refractivity contribution in [3.05, 3.63) is 34.0 Å². The molecular weight excluding hydrogens is 196 g/mol. The third-order valence-electron chi connectivity index (χ3n) is 2.28. The monoisotopic (exact) mass is 206 g/mol. The molecule has 2 aromatic rings. The minimum Gasteiger partial charge on any atom is -0.490 e. The van der Waals surface area contributed by atoms with Crippen LogP contribution in [0, 0.1) is 17.0 Å². The normalized spacial score (nSPS) is 10.5. The molecule has 1 aromatic carbocycles. The molecule has 0 fully saturated rings. The van der Waals surface area contributed by atoms with Crippen LogP contribution in [0.15, 0.2) is 18.2 Å². The number of aryl methyl sites for hydroxylation is 1. The van der Waals surface area contributed by atoms with Crippen LogP contribution >= 0.6 is 0 Å². The van der Waals surface area contributed by atoms with E-state index >= 15 is 0 Å². The third kappa shape index (κ3) is 1.41. The quantitative estimate of drug-likeness (QED) is 0.605. The lowest BCUT2D eigenvalue weighted by Gasteiger charge is -2.01. The average Bonchev–Trinajstić information content (AvgIpc) is 2.55. The van der Waals surface area contributed by atoms with E-state index in [1.165, 1.54) is 7.11 Å². The Balaban J connectivity index is 2.83. The van der Waals surface area contributed by atoms with Crippen LogP contribution in [0.25, 0.3) is 10.9 Å². The number of hydrogen-bond donors (Lipinski definition) is 1. The molecule has 0 unspecified atom stereocenters. The molecule has 0 amide bonds. The van der Waals surface area contributed by atoms with Gasteiger partial charge in [0.25, 0.3) is 0 Å². The van der Waals surface area contributed by atoms with E-state index in [2.05, 4.69) is 4.98 Å². The zero-order valence-electron chi connectivity index (χ0n) is 8.40. The highest BCUT2D eigenvalue weighted by Crippen LogP contribution is 2.35. The second kappa shape index (κ2) is 3.27. The van der Waals surface area contributed by atoms with E-state index in [9.17, 15) is 10.1 Å². The first kappa shape index (κ1) is 9.51. The summed E-state index contributed by atoms with van der Waals surface area (Å²) in [6.45, 7) is 1.86. The Bertz CT molecular complexity index is 531. The van der Waals surface area contributed by atoms with Gasteiger partial charge in [-0.1, -0.05) is 0 Å². The smallest absolute Gasteiger partial charge is 0.320 e. The fraction of sp³-hybridized carbons (Fsp3) is 0.200. The van der Waals surface area contributed by atoms with Gasteiger partial charge >= 0.3 is 5.69 Å². The molecule has 1 aromatic heterocycles. The van der Waals surface area contributed by atoms with E-state index in [0.717, 1.165) is 11.2 Å². The van der Waals surface area contributed by atoms with Crippen LogP contribution in [-0.4, -0.2) is 17.0 Å². The predicted molar refractivity (Wildman–Crippen MR) is 56.2 cm³/mol. The van der Waals surface area contributed by atoms with Crippen LogP contribution in [0.4, 0.5) is 5.69 Å². The lowest BCUT2D eigenvalue weighted by Crippen LogP contribution is -1.93. The summed E-state index contributed by atoms with van der Waals surface area (Å²) in [6.07, 6.45) is 0. The van der Waals surface area contributed by atoms with Crippen LogP contribution in [0.5, 0.6) is 5.75 Å². The van der Waals surface area contributed by atoms with Crippen molar-refractivity contribution in [2.24, 2.45) is 0 Å². The van der Waals surface area contributed by atoms with Crippen molar-refractivity contribution in [3.8, 4) is 5.75 Å². The molecule has 0 radical (unpaired) electrons. The Labute approximate surface area is 85.8 Å². The molecule has 0 spiro atoms. The molecule has 0 saturated heterocycles. The Kier molecular flexibility index (Phi) is 2.07. The first-order valence-electron chi connectivity index (χ1n) is 4.44. The van der Waals surface area contributed by atoms with E-state index in [0.29, 0.717) is 5.39 Å². The number of nitro benzene ring substituents is 1. The number of benzene rings is 1. The van der Waals surface area contributed by atoms with Gasteiger partial charge < -0.3 is 9.72 Å². The van der Waals surface area contributed by atoms with Crippen molar-refractivity contribution in [2.75, 3.05) is 7.11 Å². The number of nitrogens with one attached hydrogen (secondary N) is 1. The number of aromatic nitrogens is 1. The molecule has 0 atom stereocenters. The van der Waals surface area contributed by atoms with E-state index in [4.69, 9.17) is 4.74 Å². The van der Waals surface area contributed by atoms with Gasteiger partial charge in [-0.2, -0.15) is 0 Å². The Morgan fingerprint density at radius 1 is 1.47 bits per heavy atom. The molecule has 1 heterocycles. The van der Waals surface area contributed by atoms with Gasteiger partial charge in [-0.05, 0) is 25.1 Å². The highest BCUT2D eigenvalue weighted by molar-refractivity contribution is 5.92. The first-order chi connectivity index (χ1) is 7.13. The van der Waals surface area contributed by atoms with Crippen LogP contribution in [0.2, 0.25) is 0 Å². The van der Waals surface area contributed by atoms with E-state index in [1.54, 1.807) is 18.2 Å². The van der Waals surface area contributed by atoms with Gasteiger partial charge in [-0.25, -0.2) is 0 Å². The molecule has 2 rings (SSSR count). The summed E-state index contributed by atoms with van der Waals surface area (Å²) in [5, 5.41) is 11.5. The van der Waals surface area contributed by atoms with Crippen molar-refractivity contribution >= 4 is 16.6 Å². The molecule has 0 aliphatic carbocycles.